The Morgan fingerprint density at radius 3 is 2.93 bits per heavy atom. The van der Waals surface area contributed by atoms with E-state index in [2.05, 4.69) is 25.5 Å². The lowest BCUT2D eigenvalue weighted by Crippen LogP contribution is -2.43. The van der Waals surface area contributed by atoms with Crippen molar-refractivity contribution < 1.29 is 8.78 Å². The van der Waals surface area contributed by atoms with Gasteiger partial charge in [-0.25, -0.2) is 13.8 Å². The third-order valence-electron chi connectivity index (χ3n) is 5.02. The standard InChI is InChI=1S/C20H18F2N6/c21-20(22)7-2-10-28(12-20)19-15-5-4-14(11-13(15)6-9-24-19)25-18-17-16(26-27-18)3-1-8-23-17/h1,3-6,8-9,11H,2,7,10,12H2,(H2,25,26,27). The van der Waals surface area contributed by atoms with E-state index in [9.17, 15) is 8.78 Å². The summed E-state index contributed by atoms with van der Waals surface area (Å²) in [6.45, 7) is 0.302. The maximum atomic E-state index is 13.8. The van der Waals surface area contributed by atoms with Gasteiger partial charge in [-0.1, -0.05) is 0 Å². The second-order valence-electron chi connectivity index (χ2n) is 7.05. The number of aromatic nitrogens is 4. The minimum atomic E-state index is -2.67. The van der Waals surface area contributed by atoms with E-state index in [0.717, 1.165) is 27.5 Å². The monoisotopic (exact) mass is 380 g/mol. The van der Waals surface area contributed by atoms with Gasteiger partial charge in [-0.05, 0) is 48.2 Å². The highest BCUT2D eigenvalue weighted by Crippen LogP contribution is 2.34. The molecule has 0 atom stereocenters. The Balaban J connectivity index is 1.48. The molecule has 1 aliphatic rings. The van der Waals surface area contributed by atoms with Crippen LogP contribution in [0.1, 0.15) is 12.8 Å². The molecule has 28 heavy (non-hydrogen) atoms. The topological polar surface area (TPSA) is 69.7 Å². The van der Waals surface area contributed by atoms with Crippen LogP contribution >= 0.6 is 0 Å². The first-order chi connectivity index (χ1) is 13.6. The number of rotatable bonds is 3. The van der Waals surface area contributed by atoms with Crippen LogP contribution in [0.5, 0.6) is 0 Å². The second kappa shape index (κ2) is 6.40. The molecule has 0 amide bonds. The first kappa shape index (κ1) is 16.9. The highest BCUT2D eigenvalue weighted by molar-refractivity contribution is 5.95. The van der Waals surface area contributed by atoms with Crippen LogP contribution in [0.2, 0.25) is 0 Å². The summed E-state index contributed by atoms with van der Waals surface area (Å²) in [5.41, 5.74) is 2.45. The molecule has 0 spiro atoms. The van der Waals surface area contributed by atoms with E-state index in [1.54, 1.807) is 17.3 Å². The van der Waals surface area contributed by atoms with E-state index in [4.69, 9.17) is 0 Å². The molecule has 0 unspecified atom stereocenters. The van der Waals surface area contributed by atoms with E-state index >= 15 is 0 Å². The van der Waals surface area contributed by atoms with Crippen LogP contribution in [0.4, 0.5) is 26.1 Å². The number of hydrogen-bond acceptors (Lipinski definition) is 5. The van der Waals surface area contributed by atoms with Crippen LogP contribution < -0.4 is 10.2 Å². The zero-order chi connectivity index (χ0) is 19.1. The maximum absolute atomic E-state index is 13.8. The molecule has 0 radical (unpaired) electrons. The van der Waals surface area contributed by atoms with Crippen LogP contribution in [-0.2, 0) is 0 Å². The van der Waals surface area contributed by atoms with E-state index in [-0.39, 0.29) is 13.0 Å². The van der Waals surface area contributed by atoms with Gasteiger partial charge in [-0.2, -0.15) is 5.10 Å². The SMILES string of the molecule is FC1(F)CCCN(c2nccc3cc(Nc4n[nH]c5cccnc45)ccc23)C1. The van der Waals surface area contributed by atoms with E-state index in [1.165, 1.54) is 0 Å². The predicted octanol–water partition coefficient (Wildman–Crippen LogP) is 4.49. The molecule has 2 N–H and O–H groups in total. The number of nitrogens with zero attached hydrogens (tertiary/aromatic N) is 4. The number of aromatic amines is 1. The number of H-pyrrole nitrogens is 1. The molecule has 142 valence electrons. The smallest absolute Gasteiger partial charge is 0.265 e. The number of pyridine rings is 2. The van der Waals surface area contributed by atoms with Crippen molar-refractivity contribution in [2.75, 3.05) is 23.3 Å². The fourth-order valence-electron chi connectivity index (χ4n) is 3.72. The highest BCUT2D eigenvalue weighted by Gasteiger charge is 2.36. The molecule has 4 heterocycles. The minimum absolute atomic E-state index is 0.0615. The fraction of sp³-hybridized carbons (Fsp3) is 0.250. The lowest BCUT2D eigenvalue weighted by molar-refractivity contribution is -0.0117. The van der Waals surface area contributed by atoms with Crippen molar-refractivity contribution in [3.63, 3.8) is 0 Å². The molecule has 1 aliphatic heterocycles. The lowest BCUT2D eigenvalue weighted by Gasteiger charge is -2.33. The molecular formula is C20H18F2N6. The number of benzene rings is 1. The summed E-state index contributed by atoms with van der Waals surface area (Å²) in [7, 11) is 0. The van der Waals surface area contributed by atoms with Crippen LogP contribution in [0.3, 0.4) is 0 Å². The van der Waals surface area contributed by atoms with Crippen LogP contribution in [0.25, 0.3) is 21.8 Å². The Hall–Kier alpha value is -3.29. The van der Waals surface area contributed by atoms with Crippen molar-refractivity contribution in [3.05, 3.63) is 48.8 Å². The second-order valence-corrected chi connectivity index (χ2v) is 7.05. The molecule has 6 nitrogen and oxygen atoms in total. The Bertz CT molecular complexity index is 1160. The van der Waals surface area contributed by atoms with Gasteiger partial charge in [0.05, 0.1) is 12.1 Å². The summed E-state index contributed by atoms with van der Waals surface area (Å²) in [4.78, 5) is 10.4. The van der Waals surface area contributed by atoms with Crippen LogP contribution in [-0.4, -0.2) is 39.2 Å². The molecule has 3 aromatic heterocycles. The highest BCUT2D eigenvalue weighted by atomic mass is 19.3. The zero-order valence-corrected chi connectivity index (χ0v) is 15.0. The number of alkyl halides is 2. The summed E-state index contributed by atoms with van der Waals surface area (Å²) in [6.07, 6.45) is 3.79. The number of nitrogens with one attached hydrogen (secondary N) is 2. The zero-order valence-electron chi connectivity index (χ0n) is 15.0. The fourth-order valence-corrected chi connectivity index (χ4v) is 3.72. The summed E-state index contributed by atoms with van der Waals surface area (Å²) < 4.78 is 27.7. The normalized spacial score (nSPS) is 16.6. The number of halogens is 2. The van der Waals surface area contributed by atoms with Crippen molar-refractivity contribution >= 4 is 39.1 Å². The quantitative estimate of drug-likeness (QED) is 0.548. The first-order valence-corrected chi connectivity index (χ1v) is 9.17. The molecule has 0 aliphatic carbocycles. The van der Waals surface area contributed by atoms with Gasteiger partial charge in [-0.15, -0.1) is 0 Å². The number of anilines is 3. The summed E-state index contributed by atoms with van der Waals surface area (Å²) in [5.74, 6) is -1.42. The molecule has 1 fully saturated rings. The Morgan fingerprint density at radius 2 is 2.04 bits per heavy atom. The Labute approximate surface area is 159 Å². The number of fused-ring (bicyclic) bond motifs is 2. The summed E-state index contributed by atoms with van der Waals surface area (Å²) in [5, 5.41) is 12.3. The van der Waals surface area contributed by atoms with Crippen molar-refractivity contribution in [1.82, 2.24) is 20.2 Å². The van der Waals surface area contributed by atoms with Gasteiger partial charge < -0.3 is 10.2 Å². The van der Waals surface area contributed by atoms with Gasteiger partial charge in [-0.3, -0.25) is 10.1 Å². The van der Waals surface area contributed by atoms with Crippen LogP contribution in [0.15, 0.2) is 48.8 Å². The molecule has 1 saturated heterocycles. The molecule has 1 aromatic carbocycles. The molecule has 5 rings (SSSR count). The number of hydrogen-bond donors (Lipinski definition) is 2. The maximum Gasteiger partial charge on any atom is 0.265 e. The molecule has 8 heteroatoms. The molecule has 4 aromatic rings. The summed E-state index contributed by atoms with van der Waals surface area (Å²) >= 11 is 0. The van der Waals surface area contributed by atoms with E-state index in [1.807, 2.05) is 36.4 Å². The molecule has 0 bridgehead atoms. The molecular weight excluding hydrogens is 362 g/mol. The van der Waals surface area contributed by atoms with Gasteiger partial charge in [0.2, 0.25) is 0 Å². The molecule has 0 saturated carbocycles. The third kappa shape index (κ3) is 3.00. The van der Waals surface area contributed by atoms with Gasteiger partial charge in [0, 0.05) is 36.4 Å². The first-order valence-electron chi connectivity index (χ1n) is 9.17. The minimum Gasteiger partial charge on any atom is -0.350 e. The van der Waals surface area contributed by atoms with Crippen LogP contribution in [0, 0.1) is 0 Å². The van der Waals surface area contributed by atoms with Crippen molar-refractivity contribution in [1.29, 1.82) is 0 Å². The average molecular weight is 380 g/mol. The van der Waals surface area contributed by atoms with E-state index in [0.29, 0.717) is 24.6 Å². The lowest BCUT2D eigenvalue weighted by atomic mass is 10.1. The van der Waals surface area contributed by atoms with Gasteiger partial charge >= 0.3 is 0 Å². The van der Waals surface area contributed by atoms with Crippen molar-refractivity contribution in [2.45, 2.75) is 18.8 Å². The van der Waals surface area contributed by atoms with Crippen molar-refractivity contribution in [2.24, 2.45) is 0 Å². The van der Waals surface area contributed by atoms with Gasteiger partial charge in [0.25, 0.3) is 5.92 Å². The number of piperidine rings is 1. The van der Waals surface area contributed by atoms with Gasteiger partial charge in [0.15, 0.2) is 5.82 Å². The predicted molar refractivity (Wildman–Crippen MR) is 105 cm³/mol. The average Bonchev–Trinajstić information content (AvgIpc) is 3.09. The van der Waals surface area contributed by atoms with E-state index < -0.39 is 5.92 Å². The Kier molecular flexibility index (Phi) is 3.85. The van der Waals surface area contributed by atoms with Crippen molar-refractivity contribution in [3.8, 4) is 0 Å². The third-order valence-corrected chi connectivity index (χ3v) is 5.02. The van der Waals surface area contributed by atoms with Gasteiger partial charge in [0.1, 0.15) is 11.3 Å². The summed E-state index contributed by atoms with van der Waals surface area (Å²) in [6, 6.07) is 11.4. The largest absolute Gasteiger partial charge is 0.350 e. The Morgan fingerprint density at radius 1 is 1.11 bits per heavy atom.